The van der Waals surface area contributed by atoms with Crippen molar-refractivity contribution < 1.29 is 14.3 Å². The molecule has 1 N–H and O–H groups in total. The van der Waals surface area contributed by atoms with Gasteiger partial charge in [0.05, 0.1) is 11.9 Å². The summed E-state index contributed by atoms with van der Waals surface area (Å²) in [6.45, 7) is 2.74. The van der Waals surface area contributed by atoms with Crippen LogP contribution in [-0.2, 0) is 17.8 Å². The summed E-state index contributed by atoms with van der Waals surface area (Å²) < 4.78 is 15.5. The highest BCUT2D eigenvalue weighted by molar-refractivity contribution is 5.77. The van der Waals surface area contributed by atoms with Crippen molar-refractivity contribution in [3.8, 4) is 0 Å². The highest BCUT2D eigenvalue weighted by atomic mass is 19.1. The Balaban J connectivity index is 2.46. The average Bonchev–Trinajstić information content (AvgIpc) is 2.67. The van der Waals surface area contributed by atoms with Crippen LogP contribution in [0.3, 0.4) is 0 Å². The van der Waals surface area contributed by atoms with Gasteiger partial charge >= 0.3 is 5.97 Å². The van der Waals surface area contributed by atoms with E-state index in [4.69, 9.17) is 5.11 Å². The minimum absolute atomic E-state index is 0.00859. The van der Waals surface area contributed by atoms with E-state index in [1.807, 2.05) is 17.6 Å². The number of imidazole rings is 1. The van der Waals surface area contributed by atoms with E-state index >= 15 is 0 Å². The molecule has 5 heteroatoms. The summed E-state index contributed by atoms with van der Waals surface area (Å²) >= 11 is 0. The fourth-order valence-electron chi connectivity index (χ4n) is 2.04. The molecule has 0 fully saturated rings. The first-order chi connectivity index (χ1) is 8.63. The minimum Gasteiger partial charge on any atom is -0.481 e. The van der Waals surface area contributed by atoms with Crippen molar-refractivity contribution in [3.05, 3.63) is 29.8 Å². The fourth-order valence-corrected chi connectivity index (χ4v) is 2.04. The molecule has 0 spiro atoms. The number of benzene rings is 1. The largest absolute Gasteiger partial charge is 0.481 e. The molecule has 2 aromatic rings. The van der Waals surface area contributed by atoms with Crippen LogP contribution in [0.25, 0.3) is 11.0 Å². The van der Waals surface area contributed by atoms with Crippen LogP contribution < -0.4 is 0 Å². The summed E-state index contributed by atoms with van der Waals surface area (Å²) in [7, 11) is 0. The van der Waals surface area contributed by atoms with Gasteiger partial charge in [0, 0.05) is 13.0 Å². The number of fused-ring (bicyclic) bond motifs is 1. The van der Waals surface area contributed by atoms with Gasteiger partial charge in [0.2, 0.25) is 0 Å². The lowest BCUT2D eigenvalue weighted by Gasteiger charge is -2.06. The monoisotopic (exact) mass is 250 g/mol. The highest BCUT2D eigenvalue weighted by Gasteiger charge is 2.13. The molecule has 4 nitrogen and oxygen atoms in total. The normalized spacial score (nSPS) is 11.0. The number of hydrogen-bond acceptors (Lipinski definition) is 2. The SMILES string of the molecule is CCCn1c(CCC(=O)O)nc2c(F)cccc21. The third-order valence-electron chi connectivity index (χ3n) is 2.82. The highest BCUT2D eigenvalue weighted by Crippen LogP contribution is 2.20. The molecule has 0 saturated carbocycles. The molecule has 1 aromatic heterocycles. The number of hydrogen-bond donors (Lipinski definition) is 1. The lowest BCUT2D eigenvalue weighted by atomic mass is 10.3. The van der Waals surface area contributed by atoms with Crippen LogP contribution in [0.5, 0.6) is 0 Å². The van der Waals surface area contributed by atoms with Crippen LogP contribution >= 0.6 is 0 Å². The average molecular weight is 250 g/mol. The second kappa shape index (κ2) is 5.16. The Morgan fingerprint density at radius 1 is 1.50 bits per heavy atom. The van der Waals surface area contributed by atoms with Gasteiger partial charge in [0.25, 0.3) is 0 Å². The number of carbonyl (C=O) groups is 1. The van der Waals surface area contributed by atoms with E-state index in [0.717, 1.165) is 18.5 Å². The zero-order chi connectivity index (χ0) is 13.1. The standard InChI is InChI=1S/C13H15FN2O2/c1-2-8-16-10-5-3-4-9(14)13(10)15-11(16)6-7-12(17)18/h3-5H,2,6-8H2,1H3,(H,17,18). The van der Waals surface area contributed by atoms with Gasteiger partial charge in [0.1, 0.15) is 11.3 Å². The van der Waals surface area contributed by atoms with E-state index in [2.05, 4.69) is 4.98 Å². The molecule has 1 heterocycles. The zero-order valence-electron chi connectivity index (χ0n) is 10.2. The van der Waals surface area contributed by atoms with Crippen molar-refractivity contribution in [3.63, 3.8) is 0 Å². The maximum absolute atomic E-state index is 13.6. The molecule has 0 aliphatic heterocycles. The van der Waals surface area contributed by atoms with Crippen LogP contribution in [0, 0.1) is 5.82 Å². The first-order valence-electron chi connectivity index (χ1n) is 5.99. The van der Waals surface area contributed by atoms with E-state index in [9.17, 15) is 9.18 Å². The molecule has 0 aliphatic rings. The predicted molar refractivity (Wildman–Crippen MR) is 65.9 cm³/mol. The smallest absolute Gasteiger partial charge is 0.303 e. The Kier molecular flexibility index (Phi) is 3.60. The van der Waals surface area contributed by atoms with Crippen molar-refractivity contribution in [2.75, 3.05) is 0 Å². The van der Waals surface area contributed by atoms with Gasteiger partial charge < -0.3 is 9.67 Å². The number of rotatable bonds is 5. The topological polar surface area (TPSA) is 55.1 Å². The first-order valence-corrected chi connectivity index (χ1v) is 5.99. The molecule has 0 bridgehead atoms. The number of carboxylic acid groups (broad SMARTS) is 1. The number of aromatic nitrogens is 2. The lowest BCUT2D eigenvalue weighted by Crippen LogP contribution is -2.06. The van der Waals surface area contributed by atoms with Gasteiger partial charge in [-0.25, -0.2) is 9.37 Å². The van der Waals surface area contributed by atoms with E-state index in [1.54, 1.807) is 6.07 Å². The van der Waals surface area contributed by atoms with Crippen molar-refractivity contribution in [1.82, 2.24) is 9.55 Å². The van der Waals surface area contributed by atoms with Crippen LogP contribution in [-0.4, -0.2) is 20.6 Å². The van der Waals surface area contributed by atoms with Crippen LogP contribution in [0.2, 0.25) is 0 Å². The van der Waals surface area contributed by atoms with Gasteiger partial charge in [0.15, 0.2) is 5.82 Å². The van der Waals surface area contributed by atoms with Gasteiger partial charge in [-0.15, -0.1) is 0 Å². The summed E-state index contributed by atoms with van der Waals surface area (Å²) in [6, 6.07) is 4.82. The zero-order valence-corrected chi connectivity index (χ0v) is 10.2. The number of carboxylic acids is 1. The Labute approximate surface area is 104 Å². The molecule has 0 radical (unpaired) electrons. The molecule has 0 saturated heterocycles. The van der Waals surface area contributed by atoms with E-state index in [0.29, 0.717) is 17.8 Å². The number of aryl methyl sites for hydroxylation is 2. The summed E-state index contributed by atoms with van der Waals surface area (Å²) in [5.74, 6) is -0.594. The van der Waals surface area contributed by atoms with E-state index in [1.165, 1.54) is 6.07 Å². The lowest BCUT2D eigenvalue weighted by molar-refractivity contribution is -0.137. The number of para-hydroxylation sites is 1. The number of aliphatic carboxylic acids is 1. The molecule has 0 amide bonds. The molecule has 2 rings (SSSR count). The predicted octanol–water partition coefficient (Wildman–Crippen LogP) is 2.60. The summed E-state index contributed by atoms with van der Waals surface area (Å²) in [4.78, 5) is 14.8. The molecular formula is C13H15FN2O2. The molecule has 1 aromatic carbocycles. The third-order valence-corrected chi connectivity index (χ3v) is 2.82. The summed E-state index contributed by atoms with van der Waals surface area (Å²) in [5.41, 5.74) is 1.06. The molecular weight excluding hydrogens is 235 g/mol. The minimum atomic E-state index is -0.870. The van der Waals surface area contributed by atoms with Gasteiger partial charge in [-0.1, -0.05) is 13.0 Å². The first kappa shape index (κ1) is 12.5. The van der Waals surface area contributed by atoms with Crippen LogP contribution in [0.1, 0.15) is 25.6 Å². The van der Waals surface area contributed by atoms with Crippen LogP contribution in [0.4, 0.5) is 4.39 Å². The Bertz CT molecular complexity index is 578. The van der Waals surface area contributed by atoms with Crippen molar-refractivity contribution in [1.29, 1.82) is 0 Å². The molecule has 18 heavy (non-hydrogen) atoms. The number of halogens is 1. The van der Waals surface area contributed by atoms with Gasteiger partial charge in [-0.2, -0.15) is 0 Å². The van der Waals surface area contributed by atoms with Gasteiger partial charge in [-0.05, 0) is 18.6 Å². The summed E-state index contributed by atoms with van der Waals surface area (Å²) in [5, 5.41) is 8.71. The van der Waals surface area contributed by atoms with E-state index < -0.39 is 5.97 Å². The second-order valence-electron chi connectivity index (χ2n) is 4.18. The Morgan fingerprint density at radius 3 is 2.94 bits per heavy atom. The van der Waals surface area contributed by atoms with Crippen LogP contribution in [0.15, 0.2) is 18.2 Å². The molecule has 0 unspecified atom stereocenters. The molecule has 0 atom stereocenters. The molecule has 96 valence electrons. The van der Waals surface area contributed by atoms with Gasteiger partial charge in [-0.3, -0.25) is 4.79 Å². The Hall–Kier alpha value is -1.91. The van der Waals surface area contributed by atoms with Crippen molar-refractivity contribution >= 4 is 17.0 Å². The molecule has 0 aliphatic carbocycles. The third kappa shape index (κ3) is 2.34. The van der Waals surface area contributed by atoms with E-state index in [-0.39, 0.29) is 12.2 Å². The fraction of sp³-hybridized carbons (Fsp3) is 0.385. The second-order valence-corrected chi connectivity index (χ2v) is 4.18. The Morgan fingerprint density at radius 2 is 2.28 bits per heavy atom. The van der Waals surface area contributed by atoms with Crippen molar-refractivity contribution in [2.24, 2.45) is 0 Å². The maximum atomic E-state index is 13.6. The summed E-state index contributed by atoms with van der Waals surface area (Å²) in [6.07, 6.45) is 1.22. The quantitative estimate of drug-likeness (QED) is 0.887. The van der Waals surface area contributed by atoms with Crippen molar-refractivity contribution in [2.45, 2.75) is 32.7 Å². The number of nitrogens with zero attached hydrogens (tertiary/aromatic N) is 2. The maximum Gasteiger partial charge on any atom is 0.303 e.